The van der Waals surface area contributed by atoms with Gasteiger partial charge in [0.1, 0.15) is 24.2 Å². The predicted molar refractivity (Wildman–Crippen MR) is 232 cm³/mol. The third kappa shape index (κ3) is 11.7. The average molecular weight is 828 g/mol. The number of carbonyl (C=O) groups is 3. The Labute approximate surface area is 351 Å². The van der Waals surface area contributed by atoms with E-state index < -0.39 is 11.9 Å². The van der Waals surface area contributed by atoms with Crippen molar-refractivity contribution in [3.05, 3.63) is 60.3 Å². The second kappa shape index (κ2) is 21.0. The number of rotatable bonds is 8. The van der Waals surface area contributed by atoms with Crippen LogP contribution in [0, 0.1) is 17.6 Å². The molecule has 1 unspecified atom stereocenters. The van der Waals surface area contributed by atoms with Crippen LogP contribution in [0.5, 0.6) is 0 Å². The number of halogens is 2. The lowest BCUT2D eigenvalue weighted by molar-refractivity contribution is -0.133. The largest absolute Gasteiger partial charge is 0.400 e. The Morgan fingerprint density at radius 3 is 2.32 bits per heavy atom. The Morgan fingerprint density at radius 1 is 0.881 bits per heavy atom. The van der Waals surface area contributed by atoms with Crippen molar-refractivity contribution in [1.82, 2.24) is 20.2 Å². The van der Waals surface area contributed by atoms with E-state index in [0.717, 1.165) is 64.9 Å². The highest BCUT2D eigenvalue weighted by Crippen LogP contribution is 2.31. The Balaban J connectivity index is 0.000000393. The number of anilines is 4. The van der Waals surface area contributed by atoms with Crippen molar-refractivity contribution in [1.29, 1.82) is 0 Å². The van der Waals surface area contributed by atoms with E-state index in [2.05, 4.69) is 42.6 Å². The van der Waals surface area contributed by atoms with Gasteiger partial charge in [-0.25, -0.2) is 18.7 Å². The molecule has 3 saturated heterocycles. The first-order chi connectivity index (χ1) is 28.6. The number of carbonyl (C=O) groups excluding carboxylic acids is 3. The number of benzene rings is 2. The van der Waals surface area contributed by atoms with Gasteiger partial charge in [-0.05, 0) is 94.0 Å². The van der Waals surface area contributed by atoms with E-state index in [9.17, 15) is 23.2 Å². The minimum atomic E-state index is -0.500. The summed E-state index contributed by atoms with van der Waals surface area (Å²) in [4.78, 5) is 50.1. The minimum absolute atomic E-state index is 0. The highest BCUT2D eigenvalue weighted by Gasteiger charge is 2.29. The van der Waals surface area contributed by atoms with E-state index in [1.165, 1.54) is 37.9 Å². The monoisotopic (exact) mass is 828 g/mol. The number of piperidine rings is 1. The van der Waals surface area contributed by atoms with E-state index in [0.29, 0.717) is 60.6 Å². The van der Waals surface area contributed by atoms with Gasteiger partial charge >= 0.3 is 0 Å². The fourth-order valence-electron chi connectivity index (χ4n) is 8.52. The average Bonchev–Trinajstić information content (AvgIpc) is 3.25. The summed E-state index contributed by atoms with van der Waals surface area (Å²) in [7, 11) is 1.00. The first-order valence-electron chi connectivity index (χ1n) is 21.0. The van der Waals surface area contributed by atoms with E-state index in [1.807, 2.05) is 12.1 Å². The maximum absolute atomic E-state index is 14.8. The number of nitrogens with zero attached hydrogens (tertiary/aromatic N) is 5. The van der Waals surface area contributed by atoms with Crippen LogP contribution in [0.25, 0.3) is 11.3 Å². The molecule has 5 aliphatic rings. The lowest BCUT2D eigenvalue weighted by Gasteiger charge is -2.42. The molecule has 0 bridgehead atoms. The van der Waals surface area contributed by atoms with Gasteiger partial charge in [-0.15, -0.1) is 0 Å². The number of aromatic nitrogens is 2. The van der Waals surface area contributed by atoms with Gasteiger partial charge in [0, 0.05) is 87.0 Å². The molecule has 0 spiro atoms. The number of amides is 3. The van der Waals surface area contributed by atoms with Gasteiger partial charge in [0.05, 0.1) is 18.5 Å². The molecule has 3 aliphatic heterocycles. The second-order valence-electron chi connectivity index (χ2n) is 16.0. The van der Waals surface area contributed by atoms with Crippen LogP contribution in [-0.2, 0) is 19.1 Å². The molecule has 3 aromatic rings. The Hall–Kier alpha value is -4.77. The van der Waals surface area contributed by atoms with Crippen molar-refractivity contribution < 1.29 is 38.7 Å². The predicted octanol–water partition coefficient (Wildman–Crippen LogP) is 5.66. The molecule has 2 saturated carbocycles. The van der Waals surface area contributed by atoms with Crippen molar-refractivity contribution in [2.45, 2.75) is 95.3 Å². The molecular weight excluding hydrogens is 761 g/mol. The lowest BCUT2D eigenvalue weighted by Crippen LogP contribution is -2.51. The zero-order chi connectivity index (χ0) is 41.9. The molecule has 0 radical (unpaired) electrons. The molecule has 328 valence electrons. The van der Waals surface area contributed by atoms with Crippen molar-refractivity contribution >= 4 is 40.7 Å². The number of aliphatic hydroxyl groups is 1. The number of ether oxygens (including phenoxy) is 1. The van der Waals surface area contributed by atoms with Crippen LogP contribution in [0.1, 0.15) is 76.8 Å². The molecule has 2 aliphatic carbocycles. The maximum Gasteiger partial charge on any atom is 0.253 e. The normalized spacial score (nSPS) is 25.2. The van der Waals surface area contributed by atoms with Crippen molar-refractivity contribution in [3.8, 4) is 11.3 Å². The maximum atomic E-state index is 14.8. The minimum Gasteiger partial charge on any atom is -0.400 e. The number of imide groups is 1. The molecule has 1 atom stereocenters. The van der Waals surface area contributed by atoms with Gasteiger partial charge in [-0.2, -0.15) is 0 Å². The number of nitrogens with one attached hydrogen (secondary N) is 3. The summed E-state index contributed by atoms with van der Waals surface area (Å²) in [6, 6.07) is 12.9. The number of aliphatic hydroxyl groups excluding tert-OH is 1. The van der Waals surface area contributed by atoms with Crippen LogP contribution in [0.3, 0.4) is 0 Å². The highest BCUT2D eigenvalue weighted by molar-refractivity contribution is 6.01. The summed E-state index contributed by atoms with van der Waals surface area (Å²) in [5, 5.41) is 15.7. The molecular formula is C43H67F2N9O5. The fraction of sp³-hybridized carbons (Fsp3) is 0.558. The van der Waals surface area contributed by atoms with Crippen molar-refractivity contribution in [2.24, 2.45) is 11.7 Å². The summed E-state index contributed by atoms with van der Waals surface area (Å²) in [5.74, 6) is -0.220. The van der Waals surface area contributed by atoms with Crippen LogP contribution < -0.4 is 31.5 Å². The molecule has 59 heavy (non-hydrogen) atoms. The van der Waals surface area contributed by atoms with Gasteiger partial charge in [-0.3, -0.25) is 24.6 Å². The molecule has 6 N–H and O–H groups in total. The van der Waals surface area contributed by atoms with Gasteiger partial charge in [0.25, 0.3) is 5.91 Å². The van der Waals surface area contributed by atoms with Gasteiger partial charge < -0.3 is 36.0 Å². The van der Waals surface area contributed by atoms with Crippen LogP contribution in [-0.4, -0.2) is 115 Å². The first-order valence-corrected chi connectivity index (χ1v) is 21.0. The molecule has 8 rings (SSSR count). The molecule has 16 heteroatoms. The topological polar surface area (TPSA) is 178 Å². The molecule has 1 aromatic heterocycles. The molecule has 2 aromatic carbocycles. The number of hydrogen-bond donors (Lipinski definition) is 5. The number of morpholine rings is 1. The SMILES string of the molecule is CC1CCC(N2CCN(c3ccc(NC4CCC(=O)NC4=O)cc3F)CC2)CC1.CO.NC1CCC(Nc2ncc(F)c(-c3cccc(N4CCOCC4=O)c3)n2)CC1.[HH].[HH].[HH].[HH]. The van der Waals surface area contributed by atoms with E-state index in [-0.39, 0.29) is 53.6 Å². The number of nitrogens with two attached hydrogens (primary N) is 1. The van der Waals surface area contributed by atoms with E-state index >= 15 is 0 Å². The second-order valence-corrected chi connectivity index (χ2v) is 16.0. The zero-order valence-electron chi connectivity index (χ0n) is 34.2. The van der Waals surface area contributed by atoms with Crippen LogP contribution in [0.2, 0.25) is 0 Å². The summed E-state index contributed by atoms with van der Waals surface area (Å²) in [6.07, 6.45) is 10.9. The fourth-order valence-corrected chi connectivity index (χ4v) is 8.52. The molecule has 14 nitrogen and oxygen atoms in total. The third-order valence-corrected chi connectivity index (χ3v) is 12.0. The van der Waals surface area contributed by atoms with Crippen LogP contribution in [0.15, 0.2) is 48.7 Å². The summed E-state index contributed by atoms with van der Waals surface area (Å²) < 4.78 is 34.4. The number of piperazine rings is 1. The molecule has 3 amide bonds. The van der Waals surface area contributed by atoms with Crippen LogP contribution in [0.4, 0.5) is 31.8 Å². The van der Waals surface area contributed by atoms with Gasteiger partial charge in [-0.1, -0.05) is 19.1 Å². The van der Waals surface area contributed by atoms with Crippen molar-refractivity contribution in [2.75, 3.05) is 73.5 Å². The first kappa shape index (κ1) is 43.8. The van der Waals surface area contributed by atoms with Gasteiger partial charge in [0.15, 0.2) is 5.82 Å². The quantitative estimate of drug-likeness (QED) is 0.176. The van der Waals surface area contributed by atoms with Gasteiger partial charge in [0.2, 0.25) is 17.8 Å². The standard InChI is InChI=1S/C22H31FN4O2.C20H24FN5O2.CH4O.4H2/c1-15-2-5-17(6-3-15)26-10-12-27(13-11-26)20-8-4-16(14-18(20)23)24-19-7-9-21(28)25-22(19)29;21-17-11-23-20(24-15-6-4-14(22)5-7-15)25-19(17)13-2-1-3-16(10-13)26-8-9-28-12-18(26)27;1-2;;;;/h4,8,14-15,17,19,24H,2-3,5-7,9-13H2,1H3,(H,25,28,29);1-3,10-11,14-15H,4-9,12,22H2,(H,23,24,25);2H,1H3;4*1H. The smallest absolute Gasteiger partial charge is 0.253 e. The van der Waals surface area contributed by atoms with Crippen molar-refractivity contribution in [3.63, 3.8) is 0 Å². The van der Waals surface area contributed by atoms with Crippen LogP contribution >= 0.6 is 0 Å². The summed E-state index contributed by atoms with van der Waals surface area (Å²) in [6.45, 7) is 7.00. The Morgan fingerprint density at radius 2 is 1.63 bits per heavy atom. The summed E-state index contributed by atoms with van der Waals surface area (Å²) in [5.41, 5.74) is 8.66. The zero-order valence-corrected chi connectivity index (χ0v) is 34.2. The lowest BCUT2D eigenvalue weighted by atomic mass is 9.86. The Bertz CT molecular complexity index is 1900. The van der Waals surface area contributed by atoms with E-state index in [1.54, 1.807) is 29.2 Å². The molecule has 5 fully saturated rings. The third-order valence-electron chi connectivity index (χ3n) is 12.0. The summed E-state index contributed by atoms with van der Waals surface area (Å²) >= 11 is 0. The highest BCUT2D eigenvalue weighted by atomic mass is 19.1. The van der Waals surface area contributed by atoms with E-state index in [4.69, 9.17) is 15.6 Å². The Kier molecular flexibility index (Phi) is 15.6. The number of hydrogen-bond acceptors (Lipinski definition) is 12. The molecule has 4 heterocycles.